The molecule has 6 heteroatoms. The second-order valence-electron chi connectivity index (χ2n) is 5.11. The number of hydrogen-bond donors (Lipinski definition) is 1. The molecule has 0 saturated carbocycles. The molecule has 5 nitrogen and oxygen atoms in total. The number of likely N-dealkylation sites (N-methyl/N-ethyl adjacent to an activating group) is 1. The second kappa shape index (κ2) is 8.79. The summed E-state index contributed by atoms with van der Waals surface area (Å²) < 4.78 is 0.965. The van der Waals surface area contributed by atoms with Crippen molar-refractivity contribution >= 4 is 33.4 Å². The molecule has 0 atom stereocenters. The number of carbonyl (C=O) groups is 2. The van der Waals surface area contributed by atoms with Gasteiger partial charge in [-0.15, -0.1) is 0 Å². The average Bonchev–Trinajstić information content (AvgIpc) is 2.40. The van der Waals surface area contributed by atoms with Gasteiger partial charge in [-0.2, -0.15) is 0 Å². The van der Waals surface area contributed by atoms with E-state index in [2.05, 4.69) is 21.2 Å². The number of hydrogen-bond acceptors (Lipinski definition) is 3. The predicted octanol–water partition coefficient (Wildman–Crippen LogP) is 2.19. The highest BCUT2D eigenvalue weighted by Gasteiger charge is 2.11. The van der Waals surface area contributed by atoms with Gasteiger partial charge in [-0.3, -0.25) is 9.59 Å². The van der Waals surface area contributed by atoms with Crippen LogP contribution in [-0.4, -0.2) is 55.3 Å². The number of carbonyl (C=O) groups excluding carboxylic acids is 2. The van der Waals surface area contributed by atoms with E-state index >= 15 is 0 Å². The van der Waals surface area contributed by atoms with Gasteiger partial charge in [0.05, 0.1) is 0 Å². The lowest BCUT2D eigenvalue weighted by molar-refractivity contribution is -0.129. The Hall–Kier alpha value is -1.40. The van der Waals surface area contributed by atoms with E-state index in [-0.39, 0.29) is 11.8 Å². The van der Waals surface area contributed by atoms with Gasteiger partial charge < -0.3 is 15.1 Å². The summed E-state index contributed by atoms with van der Waals surface area (Å²) in [5.41, 5.74) is 0.755. The van der Waals surface area contributed by atoms with Crippen molar-refractivity contribution in [2.24, 2.45) is 0 Å². The van der Waals surface area contributed by atoms with Crippen molar-refractivity contribution in [1.82, 2.24) is 9.80 Å². The van der Waals surface area contributed by atoms with Crippen molar-refractivity contribution in [3.05, 3.63) is 28.7 Å². The molecule has 0 spiro atoms. The molecule has 0 heterocycles. The fraction of sp³-hybridized carbons (Fsp3) is 0.467. The molecule has 0 fully saturated rings. The highest BCUT2D eigenvalue weighted by Crippen LogP contribution is 2.14. The summed E-state index contributed by atoms with van der Waals surface area (Å²) in [6.45, 7) is 3.38. The average molecular weight is 356 g/mol. The molecule has 2 amide bonds. The van der Waals surface area contributed by atoms with Crippen LogP contribution in [0.5, 0.6) is 0 Å². The highest BCUT2D eigenvalue weighted by atomic mass is 79.9. The molecule has 0 aromatic heterocycles. The molecule has 0 aliphatic heterocycles. The van der Waals surface area contributed by atoms with Gasteiger partial charge in [0.2, 0.25) is 11.8 Å². The summed E-state index contributed by atoms with van der Waals surface area (Å²) in [4.78, 5) is 27.1. The molecular formula is C15H22BrN3O2. The van der Waals surface area contributed by atoms with Crippen LogP contribution in [0.1, 0.15) is 13.3 Å². The fourth-order valence-electron chi connectivity index (χ4n) is 1.74. The van der Waals surface area contributed by atoms with Gasteiger partial charge in [0.25, 0.3) is 0 Å². The number of rotatable bonds is 7. The summed E-state index contributed by atoms with van der Waals surface area (Å²) in [6, 6.07) is 7.40. The van der Waals surface area contributed by atoms with Crippen LogP contribution in [-0.2, 0) is 9.59 Å². The summed E-state index contributed by atoms with van der Waals surface area (Å²) >= 11 is 3.35. The molecule has 21 heavy (non-hydrogen) atoms. The Bertz CT molecular complexity index is 474. The first-order valence-corrected chi connectivity index (χ1v) is 7.63. The maximum atomic E-state index is 11.9. The molecule has 1 aromatic rings. The van der Waals surface area contributed by atoms with E-state index in [0.717, 1.165) is 16.7 Å². The van der Waals surface area contributed by atoms with Gasteiger partial charge in [-0.05, 0) is 38.4 Å². The van der Waals surface area contributed by atoms with Gasteiger partial charge >= 0.3 is 0 Å². The molecule has 1 aromatic carbocycles. The molecule has 0 aliphatic carbocycles. The molecule has 1 N–H and O–H groups in total. The van der Waals surface area contributed by atoms with Crippen molar-refractivity contribution in [3.63, 3.8) is 0 Å². The molecule has 0 aliphatic rings. The zero-order chi connectivity index (χ0) is 15.8. The van der Waals surface area contributed by atoms with E-state index in [1.54, 1.807) is 4.90 Å². The van der Waals surface area contributed by atoms with Crippen LogP contribution < -0.4 is 5.32 Å². The minimum Gasteiger partial charge on any atom is -0.341 e. The van der Waals surface area contributed by atoms with E-state index < -0.39 is 0 Å². The Morgan fingerprint density at radius 1 is 1.10 bits per heavy atom. The first kappa shape index (κ1) is 17.7. The van der Waals surface area contributed by atoms with Crippen LogP contribution in [0.2, 0.25) is 0 Å². The number of anilines is 1. The highest BCUT2D eigenvalue weighted by molar-refractivity contribution is 9.10. The Morgan fingerprint density at radius 3 is 2.24 bits per heavy atom. The predicted molar refractivity (Wildman–Crippen MR) is 88.2 cm³/mol. The standard InChI is InChI=1S/C15H22BrN3O2/c1-12(20)19(11-10-18(2)3)9-8-15(21)17-14-6-4-13(16)5-7-14/h4-7H,8-11H2,1-3H3,(H,17,21). The number of nitrogens with one attached hydrogen (secondary N) is 1. The van der Waals surface area contributed by atoms with Gasteiger partial charge in [0, 0.05) is 43.1 Å². The SMILES string of the molecule is CC(=O)N(CCC(=O)Nc1ccc(Br)cc1)CCN(C)C. The van der Waals surface area contributed by atoms with Crippen LogP contribution in [0, 0.1) is 0 Å². The van der Waals surface area contributed by atoms with E-state index in [4.69, 9.17) is 0 Å². The molecule has 0 saturated heterocycles. The third-order valence-corrected chi connectivity index (χ3v) is 3.53. The first-order valence-electron chi connectivity index (χ1n) is 6.84. The molecule has 116 valence electrons. The van der Waals surface area contributed by atoms with Crippen molar-refractivity contribution in [1.29, 1.82) is 0 Å². The lowest BCUT2D eigenvalue weighted by Gasteiger charge is -2.22. The molecule has 0 unspecified atom stereocenters. The van der Waals surface area contributed by atoms with Gasteiger partial charge in [-0.1, -0.05) is 15.9 Å². The van der Waals surface area contributed by atoms with Crippen LogP contribution in [0.4, 0.5) is 5.69 Å². The maximum absolute atomic E-state index is 11.9. The quantitative estimate of drug-likeness (QED) is 0.815. The van der Waals surface area contributed by atoms with Gasteiger partial charge in [-0.25, -0.2) is 0 Å². The minimum absolute atomic E-state index is 0.00621. The molecule has 1 rings (SSSR count). The zero-order valence-electron chi connectivity index (χ0n) is 12.7. The van der Waals surface area contributed by atoms with Gasteiger partial charge in [0.1, 0.15) is 0 Å². The van der Waals surface area contributed by atoms with E-state index in [1.807, 2.05) is 43.3 Å². The lowest BCUT2D eigenvalue weighted by Crippen LogP contribution is -2.37. The Balaban J connectivity index is 2.42. The fourth-order valence-corrected chi connectivity index (χ4v) is 2.00. The van der Waals surface area contributed by atoms with Crippen molar-refractivity contribution in [2.75, 3.05) is 39.0 Å². The number of amides is 2. The molecule has 0 bridgehead atoms. The smallest absolute Gasteiger partial charge is 0.226 e. The van der Waals surface area contributed by atoms with E-state index in [1.165, 1.54) is 6.92 Å². The van der Waals surface area contributed by atoms with E-state index in [9.17, 15) is 9.59 Å². The van der Waals surface area contributed by atoms with E-state index in [0.29, 0.717) is 19.5 Å². The third kappa shape index (κ3) is 7.24. The van der Waals surface area contributed by atoms with Crippen LogP contribution in [0.15, 0.2) is 28.7 Å². The number of benzene rings is 1. The normalized spacial score (nSPS) is 10.5. The summed E-state index contributed by atoms with van der Waals surface area (Å²) in [6.07, 6.45) is 0.295. The Kier molecular flexibility index (Phi) is 7.39. The van der Waals surface area contributed by atoms with Crippen LogP contribution >= 0.6 is 15.9 Å². The van der Waals surface area contributed by atoms with Crippen LogP contribution in [0.25, 0.3) is 0 Å². The summed E-state index contributed by atoms with van der Waals surface area (Å²) in [5.74, 6) is -0.0956. The summed E-state index contributed by atoms with van der Waals surface area (Å²) in [5, 5.41) is 2.82. The Labute approximate surface area is 134 Å². The third-order valence-electron chi connectivity index (χ3n) is 3.00. The monoisotopic (exact) mass is 355 g/mol. The Morgan fingerprint density at radius 2 is 1.71 bits per heavy atom. The number of halogens is 1. The lowest BCUT2D eigenvalue weighted by atomic mass is 10.3. The minimum atomic E-state index is -0.0894. The topological polar surface area (TPSA) is 52.7 Å². The second-order valence-corrected chi connectivity index (χ2v) is 6.03. The van der Waals surface area contributed by atoms with Crippen molar-refractivity contribution < 1.29 is 9.59 Å². The zero-order valence-corrected chi connectivity index (χ0v) is 14.3. The van der Waals surface area contributed by atoms with Crippen molar-refractivity contribution in [2.45, 2.75) is 13.3 Å². The van der Waals surface area contributed by atoms with Gasteiger partial charge in [0.15, 0.2) is 0 Å². The molecule has 0 radical (unpaired) electrons. The first-order chi connectivity index (χ1) is 9.88. The van der Waals surface area contributed by atoms with Crippen molar-refractivity contribution in [3.8, 4) is 0 Å². The maximum Gasteiger partial charge on any atom is 0.226 e. The number of nitrogens with zero attached hydrogens (tertiary/aromatic N) is 2. The molecular weight excluding hydrogens is 334 g/mol. The largest absolute Gasteiger partial charge is 0.341 e. The summed E-state index contributed by atoms with van der Waals surface area (Å²) in [7, 11) is 3.91. The van der Waals surface area contributed by atoms with Crippen LogP contribution in [0.3, 0.4) is 0 Å².